The van der Waals surface area contributed by atoms with Crippen molar-refractivity contribution in [3.63, 3.8) is 0 Å². The van der Waals surface area contributed by atoms with E-state index in [4.69, 9.17) is 16.3 Å². The summed E-state index contributed by atoms with van der Waals surface area (Å²) in [7, 11) is 0. The zero-order valence-electron chi connectivity index (χ0n) is 22.9. The normalized spacial score (nSPS) is 13.6. The van der Waals surface area contributed by atoms with Gasteiger partial charge in [-0.15, -0.1) is 11.6 Å². The Morgan fingerprint density at radius 3 is 1.75 bits per heavy atom. The molecule has 226 valence electrons. The molecule has 0 saturated heterocycles. The van der Waals surface area contributed by atoms with Crippen molar-refractivity contribution in [2.45, 2.75) is 24.9 Å². The van der Waals surface area contributed by atoms with E-state index in [-0.39, 0.29) is 23.1 Å². The van der Waals surface area contributed by atoms with Crippen LogP contribution in [0.25, 0.3) is 22.3 Å². The first-order valence-corrected chi connectivity index (χ1v) is 13.9. The maximum absolute atomic E-state index is 13.5. The van der Waals surface area contributed by atoms with Crippen molar-refractivity contribution in [2.75, 3.05) is 6.54 Å². The average molecular weight is 628 g/mol. The fourth-order valence-corrected chi connectivity index (χ4v) is 4.80. The standard InChI is InChI=1S/C21H17F3N2O.C12H7ClF3N/c22-18-7-15(8-19(23)21(18)24)16-5-13(9-25-11-16)10-26-12-17-6-14-3-1-2-4-20(14)27-17;13-4-7-1-9(6-17-5-7)8-2-10(14)12(16)11(15)3-8/h1-5,7-9,11,17,26H,6,10,12H2;1-3,5-6H,4H2. The number of pyridine rings is 2. The van der Waals surface area contributed by atoms with Crippen molar-refractivity contribution in [1.29, 1.82) is 0 Å². The molecular formula is C33H24ClF6N3O. The number of halogens is 7. The van der Waals surface area contributed by atoms with Crippen LogP contribution in [0.15, 0.2) is 85.5 Å². The van der Waals surface area contributed by atoms with E-state index in [1.54, 1.807) is 24.5 Å². The van der Waals surface area contributed by atoms with Gasteiger partial charge in [-0.25, -0.2) is 26.3 Å². The Hall–Kier alpha value is -4.41. The minimum atomic E-state index is -1.48. The van der Waals surface area contributed by atoms with Crippen molar-refractivity contribution in [3.05, 3.63) is 137 Å². The average Bonchev–Trinajstić information content (AvgIpc) is 3.45. The molecule has 1 N–H and O–H groups in total. The Bertz CT molecular complexity index is 1720. The molecule has 4 nitrogen and oxygen atoms in total. The highest BCUT2D eigenvalue weighted by atomic mass is 35.5. The van der Waals surface area contributed by atoms with Gasteiger partial charge in [0.05, 0.1) is 0 Å². The first-order valence-electron chi connectivity index (χ1n) is 13.4. The topological polar surface area (TPSA) is 47.0 Å². The van der Waals surface area contributed by atoms with Gasteiger partial charge >= 0.3 is 0 Å². The summed E-state index contributed by atoms with van der Waals surface area (Å²) < 4.78 is 84.8. The van der Waals surface area contributed by atoms with Crippen molar-refractivity contribution in [2.24, 2.45) is 0 Å². The predicted octanol–water partition coefficient (Wildman–Crippen LogP) is 8.16. The molecule has 1 aliphatic rings. The van der Waals surface area contributed by atoms with Gasteiger partial charge in [-0.3, -0.25) is 9.97 Å². The van der Waals surface area contributed by atoms with E-state index in [0.717, 1.165) is 42.0 Å². The monoisotopic (exact) mass is 627 g/mol. The van der Waals surface area contributed by atoms with Crippen LogP contribution in [-0.2, 0) is 18.8 Å². The first-order chi connectivity index (χ1) is 21.2. The second-order valence-electron chi connectivity index (χ2n) is 9.99. The molecule has 44 heavy (non-hydrogen) atoms. The maximum Gasteiger partial charge on any atom is 0.194 e. The number of nitrogens with zero attached hydrogens (tertiary/aromatic N) is 2. The zero-order chi connectivity index (χ0) is 31.2. The molecule has 0 bridgehead atoms. The second kappa shape index (κ2) is 13.9. The smallest absolute Gasteiger partial charge is 0.194 e. The van der Waals surface area contributed by atoms with Gasteiger partial charge in [0.2, 0.25) is 0 Å². The van der Waals surface area contributed by atoms with Gasteiger partial charge in [-0.2, -0.15) is 0 Å². The molecule has 0 aliphatic carbocycles. The summed E-state index contributed by atoms with van der Waals surface area (Å²) in [5.74, 6) is -6.66. The minimum Gasteiger partial charge on any atom is -0.488 e. The number of hydrogen-bond donors (Lipinski definition) is 1. The molecule has 0 amide bonds. The van der Waals surface area contributed by atoms with Crippen LogP contribution >= 0.6 is 11.6 Å². The Kier molecular flexibility index (Phi) is 9.82. The number of hydrogen-bond acceptors (Lipinski definition) is 4. The molecule has 3 aromatic carbocycles. The van der Waals surface area contributed by atoms with Crippen LogP contribution in [0.4, 0.5) is 26.3 Å². The van der Waals surface area contributed by atoms with Gasteiger partial charge in [-0.05, 0) is 70.3 Å². The number of nitrogens with one attached hydrogen (secondary N) is 1. The minimum absolute atomic E-state index is 0.0684. The van der Waals surface area contributed by atoms with Gasteiger partial charge in [0, 0.05) is 61.3 Å². The van der Waals surface area contributed by atoms with Crippen molar-refractivity contribution in [1.82, 2.24) is 15.3 Å². The molecule has 2 aromatic heterocycles. The van der Waals surface area contributed by atoms with Crippen LogP contribution in [0.2, 0.25) is 0 Å². The fourth-order valence-electron chi connectivity index (χ4n) is 4.65. The van der Waals surface area contributed by atoms with E-state index in [9.17, 15) is 26.3 Å². The van der Waals surface area contributed by atoms with Crippen LogP contribution in [0.5, 0.6) is 5.75 Å². The third-order valence-corrected chi connectivity index (χ3v) is 7.10. The van der Waals surface area contributed by atoms with Gasteiger partial charge < -0.3 is 10.1 Å². The van der Waals surface area contributed by atoms with Gasteiger partial charge in [0.15, 0.2) is 34.9 Å². The Balaban J connectivity index is 0.000000195. The van der Waals surface area contributed by atoms with Crippen LogP contribution in [0.3, 0.4) is 0 Å². The molecule has 0 spiro atoms. The Labute approximate surface area is 254 Å². The van der Waals surface area contributed by atoms with E-state index in [2.05, 4.69) is 21.4 Å². The lowest BCUT2D eigenvalue weighted by molar-refractivity contribution is 0.227. The van der Waals surface area contributed by atoms with E-state index in [0.29, 0.717) is 29.8 Å². The number of benzene rings is 3. The summed E-state index contributed by atoms with van der Waals surface area (Å²) in [5, 5.41) is 3.32. The predicted molar refractivity (Wildman–Crippen MR) is 155 cm³/mol. The summed E-state index contributed by atoms with van der Waals surface area (Å²) in [6.45, 7) is 1.20. The summed E-state index contributed by atoms with van der Waals surface area (Å²) in [6.07, 6.45) is 7.08. The first kappa shape index (κ1) is 31.0. The molecule has 1 unspecified atom stereocenters. The molecule has 11 heteroatoms. The van der Waals surface area contributed by atoms with E-state index < -0.39 is 34.9 Å². The molecule has 6 rings (SSSR count). The molecular weight excluding hydrogens is 604 g/mol. The number of para-hydroxylation sites is 1. The largest absolute Gasteiger partial charge is 0.488 e. The maximum atomic E-state index is 13.5. The van der Waals surface area contributed by atoms with Crippen molar-refractivity contribution >= 4 is 11.6 Å². The lowest BCUT2D eigenvalue weighted by Gasteiger charge is -2.12. The highest BCUT2D eigenvalue weighted by molar-refractivity contribution is 6.17. The molecule has 1 aliphatic heterocycles. The van der Waals surface area contributed by atoms with Gasteiger partial charge in [-0.1, -0.05) is 18.2 Å². The molecule has 0 fully saturated rings. The van der Waals surface area contributed by atoms with Crippen LogP contribution in [0, 0.1) is 34.9 Å². The molecule has 0 radical (unpaired) electrons. The summed E-state index contributed by atoms with van der Waals surface area (Å²) in [4.78, 5) is 8.01. The van der Waals surface area contributed by atoms with Crippen molar-refractivity contribution in [3.8, 4) is 28.0 Å². The number of aromatic nitrogens is 2. The highest BCUT2D eigenvalue weighted by Crippen LogP contribution is 2.28. The highest BCUT2D eigenvalue weighted by Gasteiger charge is 2.21. The van der Waals surface area contributed by atoms with E-state index >= 15 is 0 Å². The van der Waals surface area contributed by atoms with Gasteiger partial charge in [0.1, 0.15) is 11.9 Å². The summed E-state index contributed by atoms with van der Waals surface area (Å²) >= 11 is 5.63. The summed E-state index contributed by atoms with van der Waals surface area (Å²) in [6, 6.07) is 15.2. The SMILES string of the molecule is Fc1cc(-c2cncc(CCl)c2)cc(F)c1F.Fc1cc(-c2cncc(CNCC3Cc4ccccc4O3)c2)cc(F)c1F. The summed E-state index contributed by atoms with van der Waals surface area (Å²) in [5.41, 5.74) is 4.25. The Morgan fingerprint density at radius 2 is 1.20 bits per heavy atom. The lowest BCUT2D eigenvalue weighted by Crippen LogP contribution is -2.29. The molecule has 1 atom stereocenters. The zero-order valence-corrected chi connectivity index (χ0v) is 23.7. The van der Waals surface area contributed by atoms with Crippen molar-refractivity contribution < 1.29 is 31.1 Å². The van der Waals surface area contributed by atoms with Crippen LogP contribution in [-0.4, -0.2) is 22.6 Å². The van der Waals surface area contributed by atoms with E-state index in [1.807, 2.05) is 18.2 Å². The van der Waals surface area contributed by atoms with Gasteiger partial charge in [0.25, 0.3) is 0 Å². The third-order valence-electron chi connectivity index (χ3n) is 6.79. The number of rotatable bonds is 7. The number of fused-ring (bicyclic) bond motifs is 1. The molecule has 0 saturated carbocycles. The quantitative estimate of drug-likeness (QED) is 0.112. The Morgan fingerprint density at radius 1 is 0.682 bits per heavy atom. The molecule has 5 aromatic rings. The van der Waals surface area contributed by atoms with Crippen LogP contribution in [0.1, 0.15) is 16.7 Å². The number of alkyl halides is 1. The fraction of sp³-hybridized carbons (Fsp3) is 0.152. The van der Waals surface area contributed by atoms with E-state index in [1.165, 1.54) is 18.0 Å². The third kappa shape index (κ3) is 7.38. The lowest BCUT2D eigenvalue weighted by atomic mass is 10.1. The second-order valence-corrected chi connectivity index (χ2v) is 10.3. The molecule has 3 heterocycles. The number of ether oxygens (including phenoxy) is 1. The van der Waals surface area contributed by atoms with Crippen LogP contribution < -0.4 is 10.1 Å².